The van der Waals surface area contributed by atoms with Crippen LogP contribution < -0.4 is 5.56 Å². The van der Waals surface area contributed by atoms with Crippen molar-refractivity contribution in [3.05, 3.63) is 98.6 Å². The lowest BCUT2D eigenvalue weighted by Crippen LogP contribution is -2.17. The predicted molar refractivity (Wildman–Crippen MR) is 134 cm³/mol. The molecule has 5 rings (SSSR count). The maximum absolute atomic E-state index is 14.3. The molecule has 1 heterocycles. The standard InChI is InChI=1S/C30H31F2NO/c1-4-18-6-8-19(9-7-18)12-25(27-17-24(30(3,31)32)15-22-16-26(22)27)21-10-11-28-23(14-21)13-20(5-2)29(34)33-28/h10-15,17,22,25-26H,1,5-9,16H2,2-3H3,(H,33,34). The first-order chi connectivity index (χ1) is 16.3. The van der Waals surface area contributed by atoms with Crippen LogP contribution in [0.5, 0.6) is 0 Å². The molecule has 3 aliphatic carbocycles. The smallest absolute Gasteiger partial charge is 0.270 e. The summed E-state index contributed by atoms with van der Waals surface area (Å²) < 4.78 is 28.7. The Morgan fingerprint density at radius 1 is 1.24 bits per heavy atom. The highest BCUT2D eigenvalue weighted by Gasteiger charge is 2.45. The minimum absolute atomic E-state index is 0.0493. The van der Waals surface area contributed by atoms with Crippen LogP contribution in [0.15, 0.2) is 81.9 Å². The highest BCUT2D eigenvalue weighted by Crippen LogP contribution is 2.55. The summed E-state index contributed by atoms with van der Waals surface area (Å²) in [4.78, 5) is 15.2. The lowest BCUT2D eigenvalue weighted by atomic mass is 9.80. The first-order valence-electron chi connectivity index (χ1n) is 12.3. The highest BCUT2D eigenvalue weighted by atomic mass is 19.3. The van der Waals surface area contributed by atoms with Crippen molar-refractivity contribution in [1.29, 1.82) is 0 Å². The van der Waals surface area contributed by atoms with E-state index in [-0.39, 0.29) is 23.0 Å². The number of hydrogen-bond acceptors (Lipinski definition) is 1. The molecule has 0 aliphatic heterocycles. The summed E-state index contributed by atoms with van der Waals surface area (Å²) in [6.45, 7) is 6.76. The third-order valence-corrected chi connectivity index (χ3v) is 7.68. The lowest BCUT2D eigenvalue weighted by molar-refractivity contribution is 0.0665. The molecule has 0 spiro atoms. The summed E-state index contributed by atoms with van der Waals surface area (Å²) >= 11 is 0. The van der Waals surface area contributed by atoms with E-state index in [0.717, 1.165) is 66.6 Å². The molecule has 0 radical (unpaired) electrons. The Balaban J connectivity index is 1.61. The van der Waals surface area contributed by atoms with Crippen LogP contribution in [0.4, 0.5) is 8.78 Å². The third kappa shape index (κ3) is 4.40. The van der Waals surface area contributed by atoms with Gasteiger partial charge in [0.15, 0.2) is 0 Å². The normalized spacial score (nSPS) is 23.1. The van der Waals surface area contributed by atoms with Crippen LogP contribution in [0.3, 0.4) is 0 Å². The van der Waals surface area contributed by atoms with Crippen molar-refractivity contribution in [2.75, 3.05) is 0 Å². The van der Waals surface area contributed by atoms with Gasteiger partial charge in [-0.1, -0.05) is 48.9 Å². The number of aryl methyl sites for hydroxylation is 1. The molecule has 34 heavy (non-hydrogen) atoms. The maximum Gasteiger partial charge on any atom is 0.270 e. The van der Waals surface area contributed by atoms with Gasteiger partial charge < -0.3 is 4.98 Å². The molecule has 2 nitrogen and oxygen atoms in total. The van der Waals surface area contributed by atoms with Crippen molar-refractivity contribution in [1.82, 2.24) is 4.98 Å². The largest absolute Gasteiger partial charge is 0.322 e. The summed E-state index contributed by atoms with van der Waals surface area (Å²) in [5, 5.41) is 0.984. The molecule has 3 aliphatic rings. The van der Waals surface area contributed by atoms with Crippen LogP contribution in [0.1, 0.15) is 63.0 Å². The molecule has 0 bridgehead atoms. The second kappa shape index (κ2) is 8.67. The number of nitrogens with one attached hydrogen (secondary N) is 1. The minimum atomic E-state index is -2.84. The average molecular weight is 460 g/mol. The molecule has 4 heteroatoms. The van der Waals surface area contributed by atoms with E-state index < -0.39 is 5.92 Å². The van der Waals surface area contributed by atoms with Crippen molar-refractivity contribution >= 4 is 10.9 Å². The van der Waals surface area contributed by atoms with E-state index in [1.807, 2.05) is 25.1 Å². The zero-order chi connectivity index (χ0) is 24.0. The molecule has 1 aromatic heterocycles. The van der Waals surface area contributed by atoms with Gasteiger partial charge in [-0.2, -0.15) is 0 Å². The number of aromatic nitrogens is 1. The second-order valence-electron chi connectivity index (χ2n) is 10.1. The Morgan fingerprint density at radius 3 is 2.68 bits per heavy atom. The van der Waals surface area contributed by atoms with E-state index in [0.29, 0.717) is 12.3 Å². The van der Waals surface area contributed by atoms with Crippen LogP contribution in [0, 0.1) is 11.8 Å². The number of rotatable bonds is 5. The van der Waals surface area contributed by atoms with Crippen LogP contribution >= 0.6 is 0 Å². The molecule has 1 N–H and O–H groups in total. The van der Waals surface area contributed by atoms with E-state index in [4.69, 9.17) is 0 Å². The van der Waals surface area contributed by atoms with E-state index >= 15 is 0 Å². The predicted octanol–water partition coefficient (Wildman–Crippen LogP) is 7.54. The van der Waals surface area contributed by atoms with Gasteiger partial charge in [0.2, 0.25) is 0 Å². The van der Waals surface area contributed by atoms with Crippen LogP contribution in [0.2, 0.25) is 0 Å². The average Bonchev–Trinajstić information content (AvgIpc) is 3.61. The molecule has 0 amide bonds. The van der Waals surface area contributed by atoms with Crippen molar-refractivity contribution in [2.45, 2.75) is 64.2 Å². The SMILES string of the molecule is C=C=C1CCC(=CC(C2=CC(C(C)(F)F)=CC3CC23)c2ccc3[nH]c(=O)c(CC)cc3c2)CC1. The Morgan fingerprint density at radius 2 is 2.00 bits per heavy atom. The van der Waals surface area contributed by atoms with Gasteiger partial charge in [0.25, 0.3) is 11.5 Å². The molecule has 176 valence electrons. The molecule has 0 saturated heterocycles. The lowest BCUT2D eigenvalue weighted by Gasteiger charge is -2.26. The van der Waals surface area contributed by atoms with Gasteiger partial charge in [0.1, 0.15) is 0 Å². The number of fused-ring (bicyclic) bond motifs is 2. The topological polar surface area (TPSA) is 32.9 Å². The van der Waals surface area contributed by atoms with Crippen LogP contribution in [-0.4, -0.2) is 10.9 Å². The first-order valence-corrected chi connectivity index (χ1v) is 12.3. The number of alkyl halides is 2. The van der Waals surface area contributed by atoms with Gasteiger partial charge in [-0.05, 0) is 85.1 Å². The van der Waals surface area contributed by atoms with Crippen molar-refractivity contribution in [3.63, 3.8) is 0 Å². The Labute approximate surface area is 199 Å². The Kier molecular flexibility index (Phi) is 5.81. The maximum atomic E-state index is 14.3. The minimum Gasteiger partial charge on any atom is -0.322 e. The molecule has 1 aromatic carbocycles. The summed E-state index contributed by atoms with van der Waals surface area (Å²) in [7, 11) is 0. The fourth-order valence-electron chi connectivity index (χ4n) is 5.50. The highest BCUT2D eigenvalue weighted by molar-refractivity contribution is 5.80. The van der Waals surface area contributed by atoms with Crippen molar-refractivity contribution in [3.8, 4) is 0 Å². The number of benzene rings is 1. The van der Waals surface area contributed by atoms with Crippen molar-refractivity contribution in [2.24, 2.45) is 11.8 Å². The number of H-pyrrole nitrogens is 1. The first kappa shape index (κ1) is 22.8. The van der Waals surface area contributed by atoms with Gasteiger partial charge in [-0.15, -0.1) is 5.73 Å². The fraction of sp³-hybridized carbons (Fsp3) is 0.400. The molecule has 2 fully saturated rings. The summed E-state index contributed by atoms with van der Waals surface area (Å²) in [6, 6.07) is 8.09. The number of hydrogen-bond donors (Lipinski definition) is 1. The number of allylic oxidation sites excluding steroid dienone is 7. The zero-order valence-corrected chi connectivity index (χ0v) is 19.9. The van der Waals surface area contributed by atoms with Gasteiger partial charge in [-0.3, -0.25) is 4.79 Å². The molecular formula is C30H31F2NO. The Bertz CT molecular complexity index is 1330. The van der Waals surface area contributed by atoms with Gasteiger partial charge in [0.05, 0.1) is 0 Å². The number of halogens is 2. The fourth-order valence-corrected chi connectivity index (χ4v) is 5.50. The molecule has 2 aromatic rings. The van der Waals surface area contributed by atoms with Gasteiger partial charge in [0, 0.05) is 29.5 Å². The van der Waals surface area contributed by atoms with Gasteiger partial charge >= 0.3 is 0 Å². The zero-order valence-electron chi connectivity index (χ0n) is 19.9. The number of pyridine rings is 1. The third-order valence-electron chi connectivity index (χ3n) is 7.68. The molecule has 3 atom stereocenters. The van der Waals surface area contributed by atoms with E-state index in [1.54, 1.807) is 12.2 Å². The van der Waals surface area contributed by atoms with E-state index in [9.17, 15) is 13.6 Å². The Hall–Kier alpha value is -2.97. The summed E-state index contributed by atoms with van der Waals surface area (Å²) in [5.74, 6) is -2.35. The monoisotopic (exact) mass is 459 g/mol. The quantitative estimate of drug-likeness (QED) is 0.363. The van der Waals surface area contributed by atoms with E-state index in [2.05, 4.69) is 29.4 Å². The molecule has 2 saturated carbocycles. The van der Waals surface area contributed by atoms with Crippen LogP contribution in [0.25, 0.3) is 10.9 Å². The van der Waals surface area contributed by atoms with Crippen molar-refractivity contribution < 1.29 is 8.78 Å². The van der Waals surface area contributed by atoms with Gasteiger partial charge in [-0.25, -0.2) is 8.78 Å². The molecule has 3 unspecified atom stereocenters. The van der Waals surface area contributed by atoms with Crippen LogP contribution in [-0.2, 0) is 6.42 Å². The summed E-state index contributed by atoms with van der Waals surface area (Å²) in [6.07, 6.45) is 11.3. The summed E-state index contributed by atoms with van der Waals surface area (Å²) in [5.41, 5.74) is 9.54. The number of aromatic amines is 1. The molecular weight excluding hydrogens is 428 g/mol. The van der Waals surface area contributed by atoms with E-state index in [1.165, 1.54) is 11.1 Å². The second-order valence-corrected chi connectivity index (χ2v) is 10.1.